The number of aryl methyl sites for hydroxylation is 2. The van der Waals surface area contributed by atoms with Crippen LogP contribution in [0.15, 0.2) is 46.2 Å². The van der Waals surface area contributed by atoms with Crippen molar-refractivity contribution in [1.29, 1.82) is 0 Å². The van der Waals surface area contributed by atoms with Crippen LogP contribution < -0.4 is 16.0 Å². The largest absolute Gasteiger partial charge is 0.368 e. The van der Waals surface area contributed by atoms with Crippen molar-refractivity contribution < 1.29 is 0 Å². The summed E-state index contributed by atoms with van der Waals surface area (Å²) < 4.78 is 0. The number of rotatable bonds is 4. The molecule has 23 heavy (non-hydrogen) atoms. The molecule has 2 aromatic carbocycles. The SMILES string of the molecule is Cc1cc(C)cc(Sc2cc(CN)ccc2N2CCNCC2)c1. The first-order valence-corrected chi connectivity index (χ1v) is 9.02. The summed E-state index contributed by atoms with van der Waals surface area (Å²) in [6.07, 6.45) is 0. The maximum Gasteiger partial charge on any atom is 0.0509 e. The first kappa shape index (κ1) is 16.4. The summed E-state index contributed by atoms with van der Waals surface area (Å²) >= 11 is 1.85. The molecule has 0 aliphatic carbocycles. The molecule has 4 heteroatoms. The minimum absolute atomic E-state index is 0.586. The topological polar surface area (TPSA) is 41.3 Å². The summed E-state index contributed by atoms with van der Waals surface area (Å²) in [6.45, 7) is 9.11. The summed E-state index contributed by atoms with van der Waals surface area (Å²) in [5, 5.41) is 3.42. The zero-order chi connectivity index (χ0) is 16.2. The molecule has 1 aliphatic rings. The van der Waals surface area contributed by atoms with Crippen LogP contribution in [-0.2, 0) is 6.54 Å². The lowest BCUT2D eigenvalue weighted by Crippen LogP contribution is -2.43. The molecule has 0 atom stereocenters. The maximum atomic E-state index is 5.86. The molecule has 0 radical (unpaired) electrons. The van der Waals surface area contributed by atoms with Gasteiger partial charge in [0.2, 0.25) is 0 Å². The van der Waals surface area contributed by atoms with Gasteiger partial charge in [-0.1, -0.05) is 23.9 Å². The Kier molecular flexibility index (Phi) is 5.26. The fourth-order valence-electron chi connectivity index (χ4n) is 3.05. The molecule has 0 saturated carbocycles. The molecule has 122 valence electrons. The van der Waals surface area contributed by atoms with Crippen LogP contribution in [-0.4, -0.2) is 26.2 Å². The number of nitrogens with zero attached hydrogens (tertiary/aromatic N) is 1. The van der Waals surface area contributed by atoms with E-state index in [0.717, 1.165) is 26.2 Å². The molecular weight excluding hydrogens is 302 g/mol. The van der Waals surface area contributed by atoms with Crippen molar-refractivity contribution in [3.8, 4) is 0 Å². The van der Waals surface area contributed by atoms with Gasteiger partial charge < -0.3 is 16.0 Å². The number of anilines is 1. The Morgan fingerprint density at radius 1 is 1.04 bits per heavy atom. The fraction of sp³-hybridized carbons (Fsp3) is 0.368. The smallest absolute Gasteiger partial charge is 0.0509 e. The van der Waals surface area contributed by atoms with Gasteiger partial charge in [0.1, 0.15) is 0 Å². The lowest BCUT2D eigenvalue weighted by atomic mass is 10.2. The van der Waals surface area contributed by atoms with Gasteiger partial charge in [-0.15, -0.1) is 0 Å². The lowest BCUT2D eigenvalue weighted by Gasteiger charge is -2.31. The van der Waals surface area contributed by atoms with Crippen LogP contribution in [0.4, 0.5) is 5.69 Å². The number of nitrogens with one attached hydrogen (secondary N) is 1. The Bertz CT molecular complexity index is 658. The lowest BCUT2D eigenvalue weighted by molar-refractivity contribution is 0.587. The number of piperazine rings is 1. The Hall–Kier alpha value is -1.49. The van der Waals surface area contributed by atoms with Crippen LogP contribution in [0.1, 0.15) is 16.7 Å². The second-order valence-electron chi connectivity index (χ2n) is 6.17. The van der Waals surface area contributed by atoms with E-state index in [2.05, 4.69) is 60.5 Å². The third kappa shape index (κ3) is 4.08. The Morgan fingerprint density at radius 3 is 2.39 bits per heavy atom. The van der Waals surface area contributed by atoms with E-state index >= 15 is 0 Å². The average Bonchev–Trinajstić information content (AvgIpc) is 2.54. The fourth-order valence-corrected chi connectivity index (χ4v) is 4.31. The van der Waals surface area contributed by atoms with E-state index in [4.69, 9.17) is 5.73 Å². The highest BCUT2D eigenvalue weighted by atomic mass is 32.2. The Labute approximate surface area is 143 Å². The Morgan fingerprint density at radius 2 is 1.74 bits per heavy atom. The van der Waals surface area contributed by atoms with Crippen molar-refractivity contribution in [3.63, 3.8) is 0 Å². The minimum Gasteiger partial charge on any atom is -0.368 e. The van der Waals surface area contributed by atoms with E-state index in [0.29, 0.717) is 6.54 Å². The molecule has 0 spiro atoms. The molecule has 2 aromatic rings. The molecule has 1 heterocycles. The molecule has 1 saturated heterocycles. The van der Waals surface area contributed by atoms with Gasteiger partial charge in [-0.05, 0) is 54.8 Å². The van der Waals surface area contributed by atoms with E-state index in [1.165, 1.54) is 32.2 Å². The van der Waals surface area contributed by atoms with Gasteiger partial charge in [0.15, 0.2) is 0 Å². The second kappa shape index (κ2) is 7.39. The van der Waals surface area contributed by atoms with Crippen LogP contribution in [0, 0.1) is 13.8 Å². The zero-order valence-electron chi connectivity index (χ0n) is 13.9. The number of benzene rings is 2. The molecule has 1 fully saturated rings. The monoisotopic (exact) mass is 327 g/mol. The summed E-state index contributed by atoms with van der Waals surface area (Å²) in [7, 11) is 0. The summed E-state index contributed by atoms with van der Waals surface area (Å²) in [5.74, 6) is 0. The van der Waals surface area contributed by atoms with E-state index in [1.807, 2.05) is 11.8 Å². The highest BCUT2D eigenvalue weighted by molar-refractivity contribution is 7.99. The van der Waals surface area contributed by atoms with Crippen molar-refractivity contribution in [2.24, 2.45) is 5.73 Å². The second-order valence-corrected chi connectivity index (χ2v) is 7.28. The van der Waals surface area contributed by atoms with Crippen LogP contribution >= 0.6 is 11.8 Å². The van der Waals surface area contributed by atoms with Crippen molar-refractivity contribution in [3.05, 3.63) is 53.1 Å². The molecular formula is C19H25N3S. The zero-order valence-corrected chi connectivity index (χ0v) is 14.7. The molecule has 0 aromatic heterocycles. The highest BCUT2D eigenvalue weighted by Gasteiger charge is 2.15. The van der Waals surface area contributed by atoms with Gasteiger partial charge in [-0.25, -0.2) is 0 Å². The standard InChI is InChI=1S/C19H25N3S/c1-14-9-15(2)11-17(10-14)23-19-12-16(13-20)3-4-18(19)22-7-5-21-6-8-22/h3-4,9-12,21H,5-8,13,20H2,1-2H3. The van der Waals surface area contributed by atoms with E-state index in [-0.39, 0.29) is 0 Å². The minimum atomic E-state index is 0.586. The van der Waals surface area contributed by atoms with E-state index in [9.17, 15) is 0 Å². The normalized spacial score (nSPS) is 15.0. The molecule has 0 unspecified atom stereocenters. The summed E-state index contributed by atoms with van der Waals surface area (Å²) in [5.41, 5.74) is 11.0. The number of nitrogens with two attached hydrogens (primary N) is 1. The van der Waals surface area contributed by atoms with Gasteiger partial charge >= 0.3 is 0 Å². The van der Waals surface area contributed by atoms with Crippen LogP contribution in [0.25, 0.3) is 0 Å². The van der Waals surface area contributed by atoms with E-state index < -0.39 is 0 Å². The highest BCUT2D eigenvalue weighted by Crippen LogP contribution is 2.37. The van der Waals surface area contributed by atoms with Gasteiger partial charge in [0.25, 0.3) is 0 Å². The summed E-state index contributed by atoms with van der Waals surface area (Å²) in [6, 6.07) is 13.4. The van der Waals surface area contributed by atoms with Crippen LogP contribution in [0.5, 0.6) is 0 Å². The van der Waals surface area contributed by atoms with Crippen LogP contribution in [0.2, 0.25) is 0 Å². The van der Waals surface area contributed by atoms with Crippen molar-refractivity contribution in [2.75, 3.05) is 31.1 Å². The average molecular weight is 327 g/mol. The third-order valence-electron chi connectivity index (χ3n) is 4.14. The number of hydrogen-bond acceptors (Lipinski definition) is 4. The first-order chi connectivity index (χ1) is 11.2. The molecule has 3 N–H and O–H groups in total. The van der Waals surface area contributed by atoms with Crippen molar-refractivity contribution in [2.45, 2.75) is 30.2 Å². The molecule has 3 nitrogen and oxygen atoms in total. The molecule has 0 amide bonds. The van der Waals surface area contributed by atoms with Gasteiger partial charge in [0.05, 0.1) is 5.69 Å². The predicted octanol–water partition coefficient (Wildman–Crippen LogP) is 3.32. The predicted molar refractivity (Wildman–Crippen MR) is 99.5 cm³/mol. The van der Waals surface area contributed by atoms with Crippen molar-refractivity contribution >= 4 is 17.4 Å². The summed E-state index contributed by atoms with van der Waals surface area (Å²) in [4.78, 5) is 5.08. The first-order valence-electron chi connectivity index (χ1n) is 8.20. The van der Waals surface area contributed by atoms with Crippen LogP contribution in [0.3, 0.4) is 0 Å². The van der Waals surface area contributed by atoms with Gasteiger partial charge in [-0.2, -0.15) is 0 Å². The third-order valence-corrected chi connectivity index (χ3v) is 5.16. The Balaban J connectivity index is 1.94. The van der Waals surface area contributed by atoms with Crippen molar-refractivity contribution in [1.82, 2.24) is 5.32 Å². The van der Waals surface area contributed by atoms with Gasteiger partial charge in [0, 0.05) is 42.5 Å². The number of hydrogen-bond donors (Lipinski definition) is 2. The maximum absolute atomic E-state index is 5.86. The molecule has 0 bridgehead atoms. The van der Waals surface area contributed by atoms with Gasteiger partial charge in [-0.3, -0.25) is 0 Å². The quantitative estimate of drug-likeness (QED) is 0.904. The molecule has 1 aliphatic heterocycles. The molecule has 3 rings (SSSR count). The van der Waals surface area contributed by atoms with E-state index in [1.54, 1.807) is 0 Å².